The summed E-state index contributed by atoms with van der Waals surface area (Å²) in [7, 11) is 0. The Morgan fingerprint density at radius 3 is 2.95 bits per heavy atom. The van der Waals surface area contributed by atoms with E-state index in [9.17, 15) is 9.59 Å². The molecule has 1 aliphatic rings. The second kappa shape index (κ2) is 5.54. The summed E-state index contributed by atoms with van der Waals surface area (Å²) in [6, 6.07) is 3.14. The highest BCUT2D eigenvalue weighted by Crippen LogP contribution is 2.15. The fourth-order valence-corrected chi connectivity index (χ4v) is 2.12. The van der Waals surface area contributed by atoms with Crippen molar-refractivity contribution >= 4 is 11.8 Å². The molecule has 1 saturated heterocycles. The lowest BCUT2D eigenvalue weighted by molar-refractivity contribution is -0.123. The summed E-state index contributed by atoms with van der Waals surface area (Å²) in [6.45, 7) is 6.81. The van der Waals surface area contributed by atoms with Crippen LogP contribution in [-0.4, -0.2) is 48.4 Å². The Bertz CT molecular complexity index is 454. The zero-order chi connectivity index (χ0) is 13.9. The number of hydrogen-bond donors (Lipinski definition) is 2. The highest BCUT2D eigenvalue weighted by molar-refractivity contribution is 6.03. The Labute approximate surface area is 112 Å². The number of nitrogens with one attached hydrogen (secondary N) is 2. The molecule has 0 unspecified atom stereocenters. The molecule has 104 valence electrons. The van der Waals surface area contributed by atoms with E-state index in [-0.39, 0.29) is 23.8 Å². The van der Waals surface area contributed by atoms with Crippen molar-refractivity contribution < 1.29 is 14.0 Å². The zero-order valence-corrected chi connectivity index (χ0v) is 11.2. The van der Waals surface area contributed by atoms with Gasteiger partial charge in [0.05, 0.1) is 12.8 Å². The lowest BCUT2D eigenvalue weighted by Gasteiger charge is -2.42. The molecule has 0 aliphatic carbocycles. The fourth-order valence-electron chi connectivity index (χ4n) is 2.12. The van der Waals surface area contributed by atoms with E-state index in [0.717, 1.165) is 19.6 Å². The molecule has 1 aromatic heterocycles. The van der Waals surface area contributed by atoms with Crippen molar-refractivity contribution in [2.45, 2.75) is 19.4 Å². The maximum atomic E-state index is 11.9. The van der Waals surface area contributed by atoms with Crippen LogP contribution in [0.25, 0.3) is 0 Å². The van der Waals surface area contributed by atoms with Gasteiger partial charge in [0, 0.05) is 25.2 Å². The summed E-state index contributed by atoms with van der Waals surface area (Å²) >= 11 is 0. The second-order valence-corrected chi connectivity index (χ2v) is 5.27. The van der Waals surface area contributed by atoms with Crippen LogP contribution in [0.1, 0.15) is 24.4 Å². The molecule has 0 bridgehead atoms. The van der Waals surface area contributed by atoms with Gasteiger partial charge in [-0.15, -0.1) is 0 Å². The van der Waals surface area contributed by atoms with E-state index < -0.39 is 5.91 Å². The van der Waals surface area contributed by atoms with Gasteiger partial charge < -0.3 is 9.73 Å². The van der Waals surface area contributed by atoms with Crippen molar-refractivity contribution in [1.82, 2.24) is 15.5 Å². The van der Waals surface area contributed by atoms with Crippen LogP contribution in [0.2, 0.25) is 0 Å². The smallest absolute Gasteiger partial charge is 0.293 e. The van der Waals surface area contributed by atoms with Gasteiger partial charge in [0.2, 0.25) is 5.91 Å². The summed E-state index contributed by atoms with van der Waals surface area (Å²) in [5.74, 6) is -0.660. The largest absolute Gasteiger partial charge is 0.459 e. The predicted octanol–water partition coefficient (Wildman–Crippen LogP) is 0.220. The van der Waals surface area contributed by atoms with Crippen molar-refractivity contribution in [3.63, 3.8) is 0 Å². The Morgan fingerprint density at radius 2 is 2.32 bits per heavy atom. The predicted molar refractivity (Wildman–Crippen MR) is 69.7 cm³/mol. The Morgan fingerprint density at radius 1 is 1.53 bits per heavy atom. The third-order valence-corrected chi connectivity index (χ3v) is 3.30. The molecule has 1 aromatic rings. The maximum Gasteiger partial charge on any atom is 0.293 e. The summed E-state index contributed by atoms with van der Waals surface area (Å²) in [6.07, 6.45) is 1.40. The molecular formula is C13H19N3O3. The first-order chi connectivity index (χ1) is 8.99. The van der Waals surface area contributed by atoms with Gasteiger partial charge in [-0.3, -0.25) is 19.8 Å². The molecule has 2 heterocycles. The number of carbonyl (C=O) groups is 2. The molecule has 0 atom stereocenters. The number of rotatable bonds is 3. The molecule has 6 heteroatoms. The Hall–Kier alpha value is -1.66. The van der Waals surface area contributed by atoms with E-state index in [1.54, 1.807) is 6.07 Å². The van der Waals surface area contributed by atoms with Crippen LogP contribution in [0.4, 0.5) is 0 Å². The van der Waals surface area contributed by atoms with Gasteiger partial charge in [-0.05, 0) is 26.0 Å². The van der Waals surface area contributed by atoms with Crippen LogP contribution in [0.5, 0.6) is 0 Å². The van der Waals surface area contributed by atoms with Crippen molar-refractivity contribution in [1.29, 1.82) is 0 Å². The van der Waals surface area contributed by atoms with E-state index in [0.29, 0.717) is 0 Å². The van der Waals surface area contributed by atoms with E-state index in [1.165, 1.54) is 12.3 Å². The van der Waals surface area contributed by atoms with Gasteiger partial charge in [0.25, 0.3) is 5.91 Å². The minimum absolute atomic E-state index is 0.0939. The topological polar surface area (TPSA) is 74.6 Å². The first kappa shape index (κ1) is 13.8. The van der Waals surface area contributed by atoms with Crippen molar-refractivity contribution in [3.8, 4) is 0 Å². The molecule has 6 nitrogen and oxygen atoms in total. The van der Waals surface area contributed by atoms with E-state index in [2.05, 4.69) is 29.4 Å². The van der Waals surface area contributed by atoms with E-state index >= 15 is 0 Å². The highest BCUT2D eigenvalue weighted by Gasteiger charge is 2.31. The average molecular weight is 265 g/mol. The number of nitrogens with zero attached hydrogens (tertiary/aromatic N) is 1. The van der Waals surface area contributed by atoms with Gasteiger partial charge >= 0.3 is 0 Å². The number of imide groups is 1. The van der Waals surface area contributed by atoms with Crippen molar-refractivity contribution in [2.24, 2.45) is 0 Å². The first-order valence-electron chi connectivity index (χ1n) is 6.32. The second-order valence-electron chi connectivity index (χ2n) is 5.27. The van der Waals surface area contributed by atoms with Gasteiger partial charge in [0.1, 0.15) is 0 Å². The number of amides is 2. The fraction of sp³-hybridized carbons (Fsp3) is 0.538. The summed E-state index contributed by atoms with van der Waals surface area (Å²) < 4.78 is 4.94. The van der Waals surface area contributed by atoms with Crippen LogP contribution in [0, 0.1) is 0 Å². The van der Waals surface area contributed by atoms with Crippen LogP contribution in [0.3, 0.4) is 0 Å². The molecule has 0 spiro atoms. The van der Waals surface area contributed by atoms with Crippen LogP contribution >= 0.6 is 0 Å². The lowest BCUT2D eigenvalue weighted by Crippen LogP contribution is -2.60. The molecule has 1 aliphatic heterocycles. The maximum absolute atomic E-state index is 11.9. The number of hydrogen-bond acceptors (Lipinski definition) is 5. The molecule has 2 N–H and O–H groups in total. The van der Waals surface area contributed by atoms with Gasteiger partial charge in [-0.1, -0.05) is 0 Å². The van der Waals surface area contributed by atoms with Gasteiger partial charge in [-0.2, -0.15) is 0 Å². The minimum Gasteiger partial charge on any atom is -0.459 e. The number of piperazine rings is 1. The third kappa shape index (κ3) is 3.42. The van der Waals surface area contributed by atoms with Crippen LogP contribution in [-0.2, 0) is 4.79 Å². The van der Waals surface area contributed by atoms with E-state index in [1.807, 2.05) is 0 Å². The first-order valence-corrected chi connectivity index (χ1v) is 6.32. The Balaban J connectivity index is 1.89. The minimum atomic E-state index is -0.497. The molecule has 0 radical (unpaired) electrons. The van der Waals surface area contributed by atoms with E-state index in [4.69, 9.17) is 4.42 Å². The lowest BCUT2D eigenvalue weighted by atomic mass is 10.0. The standard InChI is InChI=1S/C13H19N3O3/c1-13(2)9-14-5-6-16(13)8-11(17)15-12(18)10-4-3-7-19-10/h3-4,7,14H,5-6,8-9H2,1-2H3,(H,15,17,18). The molecule has 1 fully saturated rings. The zero-order valence-electron chi connectivity index (χ0n) is 11.2. The quantitative estimate of drug-likeness (QED) is 0.818. The third-order valence-electron chi connectivity index (χ3n) is 3.30. The molecular weight excluding hydrogens is 246 g/mol. The molecule has 2 rings (SSSR count). The molecule has 2 amide bonds. The van der Waals surface area contributed by atoms with Crippen molar-refractivity contribution in [3.05, 3.63) is 24.2 Å². The highest BCUT2D eigenvalue weighted by atomic mass is 16.3. The molecule has 0 saturated carbocycles. The summed E-state index contributed by atoms with van der Waals surface area (Å²) in [5.41, 5.74) is -0.0939. The number of furan rings is 1. The Kier molecular flexibility index (Phi) is 4.01. The monoisotopic (exact) mass is 265 g/mol. The van der Waals surface area contributed by atoms with Crippen molar-refractivity contribution in [2.75, 3.05) is 26.2 Å². The van der Waals surface area contributed by atoms with Crippen LogP contribution < -0.4 is 10.6 Å². The average Bonchev–Trinajstić information content (AvgIpc) is 2.85. The number of carbonyl (C=O) groups excluding carboxylic acids is 2. The van der Waals surface area contributed by atoms with Gasteiger partial charge in [-0.25, -0.2) is 0 Å². The molecule has 0 aromatic carbocycles. The molecule has 19 heavy (non-hydrogen) atoms. The van der Waals surface area contributed by atoms with Crippen LogP contribution in [0.15, 0.2) is 22.8 Å². The normalized spacial score (nSPS) is 19.1. The summed E-state index contributed by atoms with van der Waals surface area (Å²) in [4.78, 5) is 25.6. The SMILES string of the molecule is CC1(C)CNCCN1CC(=O)NC(=O)c1ccco1. The van der Waals surface area contributed by atoms with Gasteiger partial charge in [0.15, 0.2) is 5.76 Å². The summed E-state index contributed by atoms with van der Waals surface area (Å²) in [5, 5.41) is 5.62.